The van der Waals surface area contributed by atoms with Gasteiger partial charge < -0.3 is 0 Å². The van der Waals surface area contributed by atoms with Gasteiger partial charge in [-0.05, 0) is 42.9 Å². The molecule has 3 rings (SSSR count). The van der Waals surface area contributed by atoms with E-state index >= 15 is 0 Å². The van der Waals surface area contributed by atoms with E-state index in [2.05, 4.69) is 18.2 Å². The van der Waals surface area contributed by atoms with E-state index in [4.69, 9.17) is 0 Å². The molecule has 0 spiro atoms. The highest BCUT2D eigenvalue weighted by atomic mass is 14.7. The molecule has 0 radical (unpaired) electrons. The second-order valence-corrected chi connectivity index (χ2v) is 5.41. The van der Waals surface area contributed by atoms with Gasteiger partial charge in [0, 0.05) is 0 Å². The average molecular weight is 187 g/mol. The molecule has 74 valence electrons. The molecule has 0 bridgehead atoms. The number of hydrogen-bond donors (Lipinski definition) is 0. The quantitative estimate of drug-likeness (QED) is 0.533. The van der Waals surface area contributed by atoms with Crippen molar-refractivity contribution < 1.29 is 0 Å². The standard InChI is InChI=1S/C13H17N/c14-10-11-9-12-5-1-3-7-13(11,12)8-4-2-6-12/h1,3,11H,2,4-9H2/t11-,12+,13-/m0/s1. The normalized spacial score (nSPS) is 49.8. The Bertz CT molecular complexity index is 325. The molecule has 1 heteroatoms. The summed E-state index contributed by atoms with van der Waals surface area (Å²) in [5.74, 6) is 0.368. The molecule has 0 heterocycles. The summed E-state index contributed by atoms with van der Waals surface area (Å²) in [5, 5.41) is 9.18. The lowest BCUT2D eigenvalue weighted by Gasteiger charge is -2.66. The molecule has 0 aromatic heterocycles. The lowest BCUT2D eigenvalue weighted by Crippen LogP contribution is -2.60. The van der Waals surface area contributed by atoms with Crippen molar-refractivity contribution in [3.63, 3.8) is 0 Å². The Hall–Kier alpha value is -0.770. The van der Waals surface area contributed by atoms with Crippen LogP contribution in [0.25, 0.3) is 0 Å². The molecule has 3 atom stereocenters. The van der Waals surface area contributed by atoms with Crippen LogP contribution in [0.3, 0.4) is 0 Å². The first kappa shape index (κ1) is 8.53. The smallest absolute Gasteiger partial charge is 0.0662 e. The lowest BCUT2D eigenvalue weighted by molar-refractivity contribution is -0.155. The molecule has 2 fully saturated rings. The molecule has 3 aliphatic carbocycles. The zero-order chi connectivity index (χ0) is 9.65. The van der Waals surface area contributed by atoms with Gasteiger partial charge in [-0.3, -0.25) is 0 Å². The fraction of sp³-hybridized carbons (Fsp3) is 0.769. The van der Waals surface area contributed by atoms with Gasteiger partial charge in [-0.1, -0.05) is 25.0 Å². The summed E-state index contributed by atoms with van der Waals surface area (Å²) >= 11 is 0. The molecule has 0 N–H and O–H groups in total. The molecule has 0 aliphatic heterocycles. The largest absolute Gasteiger partial charge is 0.198 e. The molecule has 0 saturated heterocycles. The van der Waals surface area contributed by atoms with Crippen LogP contribution in [-0.4, -0.2) is 0 Å². The highest BCUT2D eigenvalue weighted by Crippen LogP contribution is 2.72. The van der Waals surface area contributed by atoms with Gasteiger partial charge in [0.15, 0.2) is 0 Å². The van der Waals surface area contributed by atoms with E-state index in [0.717, 1.165) is 0 Å². The summed E-state index contributed by atoms with van der Waals surface area (Å²) < 4.78 is 0. The van der Waals surface area contributed by atoms with Crippen molar-refractivity contribution in [3.8, 4) is 6.07 Å². The number of rotatable bonds is 0. The first-order valence-corrected chi connectivity index (χ1v) is 5.88. The third-order valence-corrected chi connectivity index (χ3v) is 5.16. The Labute approximate surface area is 85.8 Å². The highest BCUT2D eigenvalue weighted by molar-refractivity contribution is 5.24. The van der Waals surface area contributed by atoms with E-state index in [1.807, 2.05) is 0 Å². The van der Waals surface area contributed by atoms with E-state index in [1.54, 1.807) is 0 Å². The number of allylic oxidation sites excluding steroid dienone is 2. The zero-order valence-corrected chi connectivity index (χ0v) is 8.63. The number of nitrogens with zero attached hydrogens (tertiary/aromatic N) is 1. The van der Waals surface area contributed by atoms with Crippen molar-refractivity contribution in [2.75, 3.05) is 0 Å². The third kappa shape index (κ3) is 0.764. The summed E-state index contributed by atoms with van der Waals surface area (Å²) in [6, 6.07) is 2.55. The van der Waals surface area contributed by atoms with Gasteiger partial charge in [-0.2, -0.15) is 5.26 Å². The van der Waals surface area contributed by atoms with E-state index in [-0.39, 0.29) is 0 Å². The van der Waals surface area contributed by atoms with Crippen LogP contribution >= 0.6 is 0 Å². The van der Waals surface area contributed by atoms with E-state index in [1.165, 1.54) is 44.9 Å². The summed E-state index contributed by atoms with van der Waals surface area (Å²) in [6.07, 6.45) is 13.8. The molecule has 14 heavy (non-hydrogen) atoms. The number of hydrogen-bond acceptors (Lipinski definition) is 1. The third-order valence-electron chi connectivity index (χ3n) is 5.16. The van der Waals surface area contributed by atoms with Crippen molar-refractivity contribution in [2.24, 2.45) is 16.7 Å². The van der Waals surface area contributed by atoms with Crippen LogP contribution in [0.1, 0.15) is 44.9 Å². The second kappa shape index (κ2) is 2.63. The van der Waals surface area contributed by atoms with Gasteiger partial charge in [0.1, 0.15) is 0 Å². The SMILES string of the molecule is N#C[C@@H]1C[C@]23CC=CC[C@]12CCCC3. The van der Waals surface area contributed by atoms with Gasteiger partial charge in [0.05, 0.1) is 12.0 Å². The second-order valence-electron chi connectivity index (χ2n) is 5.41. The predicted molar refractivity (Wildman–Crippen MR) is 55.4 cm³/mol. The summed E-state index contributed by atoms with van der Waals surface area (Å²) in [7, 11) is 0. The zero-order valence-electron chi connectivity index (χ0n) is 8.63. The van der Waals surface area contributed by atoms with Crippen LogP contribution in [0.4, 0.5) is 0 Å². The minimum Gasteiger partial charge on any atom is -0.198 e. The predicted octanol–water partition coefficient (Wildman–Crippen LogP) is 3.43. The average Bonchev–Trinajstić information content (AvgIpc) is 2.21. The van der Waals surface area contributed by atoms with E-state index in [0.29, 0.717) is 16.7 Å². The topological polar surface area (TPSA) is 23.8 Å². The molecule has 0 amide bonds. The molecule has 0 aromatic rings. The van der Waals surface area contributed by atoms with Gasteiger partial charge in [-0.15, -0.1) is 0 Å². The van der Waals surface area contributed by atoms with Crippen molar-refractivity contribution in [2.45, 2.75) is 44.9 Å². The minimum absolute atomic E-state index is 0.368. The van der Waals surface area contributed by atoms with Crippen molar-refractivity contribution in [3.05, 3.63) is 12.2 Å². The van der Waals surface area contributed by atoms with Crippen molar-refractivity contribution >= 4 is 0 Å². The first-order chi connectivity index (χ1) is 6.83. The molecule has 0 unspecified atom stereocenters. The molecule has 1 nitrogen and oxygen atoms in total. The Morgan fingerprint density at radius 3 is 2.79 bits per heavy atom. The van der Waals surface area contributed by atoms with Gasteiger partial charge in [-0.25, -0.2) is 0 Å². The first-order valence-electron chi connectivity index (χ1n) is 5.88. The summed E-state index contributed by atoms with van der Waals surface area (Å²) in [4.78, 5) is 0. The maximum absolute atomic E-state index is 9.18. The fourth-order valence-corrected chi connectivity index (χ4v) is 4.34. The lowest BCUT2D eigenvalue weighted by atomic mass is 9.36. The van der Waals surface area contributed by atoms with E-state index in [9.17, 15) is 5.26 Å². The molecular weight excluding hydrogens is 170 g/mol. The Balaban J connectivity index is 2.01. The van der Waals surface area contributed by atoms with Crippen LogP contribution in [-0.2, 0) is 0 Å². The molecule has 0 aromatic carbocycles. The Kier molecular flexibility index (Phi) is 1.60. The maximum Gasteiger partial charge on any atom is 0.0662 e. The summed E-state index contributed by atoms with van der Waals surface area (Å²) in [5.41, 5.74) is 0.967. The Morgan fingerprint density at radius 2 is 1.93 bits per heavy atom. The minimum atomic E-state index is 0.368. The molecule has 3 aliphatic rings. The molecular formula is C13H17N. The van der Waals surface area contributed by atoms with Crippen molar-refractivity contribution in [1.82, 2.24) is 0 Å². The van der Waals surface area contributed by atoms with Crippen LogP contribution in [0, 0.1) is 28.1 Å². The monoisotopic (exact) mass is 187 g/mol. The highest BCUT2D eigenvalue weighted by Gasteiger charge is 2.65. The van der Waals surface area contributed by atoms with Crippen LogP contribution in [0.5, 0.6) is 0 Å². The molecule has 2 saturated carbocycles. The van der Waals surface area contributed by atoms with Gasteiger partial charge in [0.2, 0.25) is 0 Å². The summed E-state index contributed by atoms with van der Waals surface area (Å²) in [6.45, 7) is 0. The Morgan fingerprint density at radius 1 is 1.14 bits per heavy atom. The van der Waals surface area contributed by atoms with Crippen LogP contribution < -0.4 is 0 Å². The number of nitriles is 1. The van der Waals surface area contributed by atoms with E-state index < -0.39 is 0 Å². The van der Waals surface area contributed by atoms with Gasteiger partial charge >= 0.3 is 0 Å². The van der Waals surface area contributed by atoms with Gasteiger partial charge in [0.25, 0.3) is 0 Å². The fourth-order valence-electron chi connectivity index (χ4n) is 4.34. The van der Waals surface area contributed by atoms with Crippen molar-refractivity contribution in [1.29, 1.82) is 5.26 Å². The van der Waals surface area contributed by atoms with Crippen LogP contribution in [0.15, 0.2) is 12.2 Å². The maximum atomic E-state index is 9.18. The van der Waals surface area contributed by atoms with Crippen LogP contribution in [0.2, 0.25) is 0 Å².